The Morgan fingerprint density at radius 3 is 2.50 bits per heavy atom. The molecule has 2 fully saturated rings. The smallest absolute Gasteiger partial charge is 0.309 e. The maximum atomic E-state index is 12.9. The summed E-state index contributed by atoms with van der Waals surface area (Å²) < 4.78 is 0. The Balaban J connectivity index is 2.05. The highest BCUT2D eigenvalue weighted by molar-refractivity contribution is 5.98. The van der Waals surface area contributed by atoms with E-state index >= 15 is 0 Å². The lowest BCUT2D eigenvalue weighted by molar-refractivity contribution is -0.166. The Hall–Kier alpha value is -1.16. The van der Waals surface area contributed by atoms with E-state index in [0.29, 0.717) is 19.3 Å². The number of hydrogen-bond acceptors (Lipinski definition) is 3. The molecule has 2 N–H and O–H groups in total. The summed E-state index contributed by atoms with van der Waals surface area (Å²) >= 11 is 0. The van der Waals surface area contributed by atoms with Gasteiger partial charge in [0.2, 0.25) is 0 Å². The van der Waals surface area contributed by atoms with Gasteiger partial charge in [-0.3, -0.25) is 9.59 Å². The molecule has 3 rings (SSSR count). The molecule has 0 aliphatic heterocycles. The van der Waals surface area contributed by atoms with E-state index in [1.165, 1.54) is 0 Å². The Morgan fingerprint density at radius 1 is 1.25 bits per heavy atom. The van der Waals surface area contributed by atoms with E-state index in [9.17, 15) is 19.8 Å². The summed E-state index contributed by atoms with van der Waals surface area (Å²) in [5, 5.41) is 20.7. The van der Waals surface area contributed by atoms with Crippen LogP contribution < -0.4 is 0 Å². The van der Waals surface area contributed by atoms with Crippen molar-refractivity contribution in [2.75, 3.05) is 0 Å². The monoisotopic (exact) mass is 334 g/mol. The Bertz CT molecular complexity index is 607. The van der Waals surface area contributed by atoms with Crippen molar-refractivity contribution in [3.63, 3.8) is 0 Å². The first-order valence-electron chi connectivity index (χ1n) is 9.26. The van der Waals surface area contributed by atoms with Gasteiger partial charge in [0.05, 0.1) is 11.0 Å². The van der Waals surface area contributed by atoms with Gasteiger partial charge < -0.3 is 10.2 Å². The van der Waals surface area contributed by atoms with Crippen LogP contribution in [0.5, 0.6) is 0 Å². The summed E-state index contributed by atoms with van der Waals surface area (Å²) in [5.74, 6) is -0.679. The van der Waals surface area contributed by atoms with Crippen LogP contribution >= 0.6 is 0 Å². The predicted molar refractivity (Wildman–Crippen MR) is 91.4 cm³/mol. The van der Waals surface area contributed by atoms with Gasteiger partial charge in [0.15, 0.2) is 5.78 Å². The van der Waals surface area contributed by atoms with E-state index in [4.69, 9.17) is 0 Å². The van der Waals surface area contributed by atoms with Gasteiger partial charge in [0, 0.05) is 6.42 Å². The van der Waals surface area contributed by atoms with Crippen LogP contribution in [0.25, 0.3) is 0 Å². The number of Topliss-reactive ketones (excluding diaryl/α,β-unsaturated/α-hetero) is 1. The number of carbonyl (C=O) groups excluding carboxylic acids is 1. The van der Waals surface area contributed by atoms with E-state index in [2.05, 4.69) is 6.92 Å². The number of fused-ring (bicyclic) bond motifs is 3. The summed E-state index contributed by atoms with van der Waals surface area (Å²) in [6.45, 7) is 7.98. The van der Waals surface area contributed by atoms with Crippen LogP contribution in [0, 0.1) is 28.6 Å². The summed E-state index contributed by atoms with van der Waals surface area (Å²) in [4.78, 5) is 24.8. The maximum absolute atomic E-state index is 12.9. The molecule has 4 nitrogen and oxygen atoms in total. The normalized spacial score (nSPS) is 45.4. The number of hydrogen-bond donors (Lipinski definition) is 2. The first-order chi connectivity index (χ1) is 11.0. The summed E-state index contributed by atoms with van der Waals surface area (Å²) in [7, 11) is 0. The average Bonchev–Trinajstić information content (AvgIpc) is 2.49. The highest BCUT2D eigenvalue weighted by Gasteiger charge is 2.60. The number of carboxylic acid groups (broad SMARTS) is 1. The molecule has 2 saturated carbocycles. The molecule has 0 spiro atoms. The Morgan fingerprint density at radius 2 is 1.92 bits per heavy atom. The summed E-state index contributed by atoms with van der Waals surface area (Å²) in [5.41, 5.74) is -1.12. The van der Waals surface area contributed by atoms with Crippen molar-refractivity contribution in [1.82, 2.24) is 0 Å². The minimum Gasteiger partial charge on any atom is -0.481 e. The van der Waals surface area contributed by atoms with Crippen LogP contribution in [-0.4, -0.2) is 27.6 Å². The van der Waals surface area contributed by atoms with Crippen LogP contribution in [0.2, 0.25) is 0 Å². The second-order valence-electron chi connectivity index (χ2n) is 9.10. The molecule has 0 heterocycles. The first kappa shape index (κ1) is 17.7. The molecule has 5 atom stereocenters. The third kappa shape index (κ3) is 2.29. The molecule has 0 aromatic heterocycles. The zero-order valence-electron chi connectivity index (χ0n) is 15.3. The van der Waals surface area contributed by atoms with Gasteiger partial charge in [0.1, 0.15) is 0 Å². The quantitative estimate of drug-likeness (QED) is 0.809. The molecule has 0 bridgehead atoms. The topological polar surface area (TPSA) is 74.6 Å². The van der Waals surface area contributed by atoms with E-state index in [-0.39, 0.29) is 29.0 Å². The molecule has 0 saturated heterocycles. The number of carboxylic acids is 1. The molecule has 0 aromatic carbocycles. The molecule has 0 unspecified atom stereocenters. The van der Waals surface area contributed by atoms with Crippen molar-refractivity contribution >= 4 is 11.8 Å². The van der Waals surface area contributed by atoms with Crippen molar-refractivity contribution in [2.24, 2.45) is 28.6 Å². The van der Waals surface area contributed by atoms with Crippen molar-refractivity contribution in [3.8, 4) is 0 Å². The summed E-state index contributed by atoms with van der Waals surface area (Å²) in [6, 6.07) is 0. The second-order valence-corrected chi connectivity index (χ2v) is 9.10. The van der Waals surface area contributed by atoms with E-state index in [0.717, 1.165) is 24.8 Å². The Labute approximate surface area is 144 Å². The van der Waals surface area contributed by atoms with Gasteiger partial charge in [-0.25, -0.2) is 0 Å². The largest absolute Gasteiger partial charge is 0.481 e. The lowest BCUT2D eigenvalue weighted by Crippen LogP contribution is -2.57. The maximum Gasteiger partial charge on any atom is 0.309 e. The van der Waals surface area contributed by atoms with Gasteiger partial charge in [-0.1, -0.05) is 27.2 Å². The highest BCUT2D eigenvalue weighted by Crippen LogP contribution is 2.62. The van der Waals surface area contributed by atoms with Crippen LogP contribution in [-0.2, 0) is 9.59 Å². The van der Waals surface area contributed by atoms with Gasteiger partial charge in [-0.2, -0.15) is 0 Å². The SMILES string of the molecule is CC(C)[C@@]1(O)C=C2C(=O)C[C@@H]3[C@@](C)(CCC[C@@]3(C)C(=O)O)[C@H]2CC1. The minimum atomic E-state index is -0.907. The summed E-state index contributed by atoms with van der Waals surface area (Å²) in [6.07, 6.45) is 6.06. The molecule has 4 heteroatoms. The van der Waals surface area contributed by atoms with E-state index in [1.807, 2.05) is 26.8 Å². The number of allylic oxidation sites excluding steroid dienone is 1. The second kappa shape index (κ2) is 5.42. The fourth-order valence-corrected chi connectivity index (χ4v) is 5.74. The number of rotatable bonds is 2. The van der Waals surface area contributed by atoms with Crippen LogP contribution in [0.3, 0.4) is 0 Å². The average molecular weight is 334 g/mol. The number of aliphatic hydroxyl groups is 1. The number of ketones is 1. The van der Waals surface area contributed by atoms with E-state index in [1.54, 1.807) is 0 Å². The number of carbonyl (C=O) groups is 2. The van der Waals surface area contributed by atoms with Crippen molar-refractivity contribution < 1.29 is 19.8 Å². The van der Waals surface area contributed by atoms with Crippen LogP contribution in [0.4, 0.5) is 0 Å². The van der Waals surface area contributed by atoms with Gasteiger partial charge in [-0.05, 0) is 67.4 Å². The van der Waals surface area contributed by atoms with Crippen molar-refractivity contribution in [3.05, 3.63) is 11.6 Å². The molecular formula is C20H30O4. The third-order valence-corrected chi connectivity index (χ3v) is 7.59. The lowest BCUT2D eigenvalue weighted by Gasteiger charge is -2.58. The zero-order valence-corrected chi connectivity index (χ0v) is 15.3. The predicted octanol–water partition coefficient (Wildman–Crippen LogP) is 3.58. The molecule has 3 aliphatic rings. The fraction of sp³-hybridized carbons (Fsp3) is 0.800. The van der Waals surface area contributed by atoms with Gasteiger partial charge >= 0.3 is 5.97 Å². The molecule has 3 aliphatic carbocycles. The molecule has 134 valence electrons. The van der Waals surface area contributed by atoms with Gasteiger partial charge in [-0.15, -0.1) is 0 Å². The minimum absolute atomic E-state index is 0.0515. The van der Waals surface area contributed by atoms with Crippen molar-refractivity contribution in [1.29, 1.82) is 0 Å². The zero-order chi connectivity index (χ0) is 17.9. The third-order valence-electron chi connectivity index (χ3n) is 7.59. The molecular weight excluding hydrogens is 304 g/mol. The fourth-order valence-electron chi connectivity index (χ4n) is 5.74. The first-order valence-corrected chi connectivity index (χ1v) is 9.26. The Kier molecular flexibility index (Phi) is 3.99. The molecule has 0 amide bonds. The van der Waals surface area contributed by atoms with Crippen LogP contribution in [0.15, 0.2) is 11.6 Å². The standard InChI is InChI=1S/C20H30O4/c1-12(2)20(24)9-6-14-13(11-20)15(21)10-16-18(14,3)7-5-8-19(16,4)17(22)23/h11-12,14,16,24H,5-10H2,1-4H3,(H,22,23)/t14-,16+,18-,19+,20-/m0/s1. The molecule has 0 aromatic rings. The highest BCUT2D eigenvalue weighted by atomic mass is 16.4. The van der Waals surface area contributed by atoms with Crippen LogP contribution in [0.1, 0.15) is 66.2 Å². The molecule has 24 heavy (non-hydrogen) atoms. The van der Waals surface area contributed by atoms with E-state index < -0.39 is 17.0 Å². The number of aliphatic carboxylic acids is 1. The molecule has 0 radical (unpaired) electrons. The van der Waals surface area contributed by atoms with Crippen molar-refractivity contribution in [2.45, 2.75) is 71.8 Å². The lowest BCUT2D eigenvalue weighted by atomic mass is 9.45. The van der Waals surface area contributed by atoms with Gasteiger partial charge in [0.25, 0.3) is 0 Å².